The maximum absolute atomic E-state index is 13.1. The molecule has 3 fully saturated rings. The van der Waals surface area contributed by atoms with Gasteiger partial charge in [0.25, 0.3) is 5.91 Å². The van der Waals surface area contributed by atoms with Crippen LogP contribution in [0.1, 0.15) is 18.5 Å². The predicted octanol–water partition coefficient (Wildman–Crippen LogP) is -1.80. The summed E-state index contributed by atoms with van der Waals surface area (Å²) in [5, 5.41) is 17.3. The first-order valence-electron chi connectivity index (χ1n) is 10.6. The highest BCUT2D eigenvalue weighted by molar-refractivity contribution is 7.13. The number of aliphatic carboxylic acids is 1. The molecule has 2 saturated heterocycles. The van der Waals surface area contributed by atoms with Gasteiger partial charge in [-0.2, -0.15) is 0 Å². The van der Waals surface area contributed by atoms with E-state index in [1.54, 1.807) is 7.05 Å². The Balaban J connectivity index is 1.46. The fourth-order valence-corrected chi connectivity index (χ4v) is 4.25. The highest BCUT2D eigenvalue weighted by Crippen LogP contribution is 2.40. The van der Waals surface area contributed by atoms with E-state index < -0.39 is 41.8 Å². The number of hydrogen-bond donors (Lipinski definition) is 4. The van der Waals surface area contributed by atoms with Crippen LogP contribution in [0, 0.1) is 0 Å². The fourth-order valence-electron chi connectivity index (χ4n) is 3.70. The Morgan fingerprint density at radius 3 is 2.80 bits per heavy atom. The van der Waals surface area contributed by atoms with Crippen molar-refractivity contribution in [3.8, 4) is 0 Å². The Bertz CT molecular complexity index is 1100. The van der Waals surface area contributed by atoms with E-state index in [2.05, 4.69) is 20.4 Å². The summed E-state index contributed by atoms with van der Waals surface area (Å²) in [4.78, 5) is 65.1. The van der Waals surface area contributed by atoms with Crippen molar-refractivity contribution in [2.45, 2.75) is 36.6 Å². The molecule has 2 aliphatic heterocycles. The molecule has 3 atom stereocenters. The normalized spacial score (nSPS) is 25.4. The van der Waals surface area contributed by atoms with Crippen molar-refractivity contribution >= 4 is 52.4 Å². The molecule has 188 valence electrons. The summed E-state index contributed by atoms with van der Waals surface area (Å²) in [6.07, 6.45) is 0.596. The number of anilines is 1. The lowest BCUT2D eigenvalue weighted by atomic mass is 9.95. The minimum absolute atomic E-state index is 0.0780. The number of likely N-dealkylation sites (tertiary alicyclic amines) is 1. The molecule has 6 N–H and O–H groups in total. The second-order valence-corrected chi connectivity index (χ2v) is 9.18. The predicted molar refractivity (Wildman–Crippen MR) is 122 cm³/mol. The molecule has 3 heterocycles. The lowest BCUT2D eigenvalue weighted by molar-refractivity contribution is -0.153. The van der Waals surface area contributed by atoms with E-state index >= 15 is 0 Å². The first kappa shape index (κ1) is 24.2. The SMILES string of the molecule is CN1C(=O)[C@@H](NC(=O)/C(=N\OC2(C(=O)O)CC2)c2csc(N)n2)[C@H]1CN1C[C@@H](CN=CN)OC1=O. The van der Waals surface area contributed by atoms with E-state index in [4.69, 9.17) is 21.0 Å². The summed E-state index contributed by atoms with van der Waals surface area (Å²) in [5.41, 5.74) is 9.18. The molecule has 0 aromatic carbocycles. The highest BCUT2D eigenvalue weighted by Gasteiger charge is 2.55. The third-order valence-electron chi connectivity index (χ3n) is 5.94. The number of nitrogens with one attached hydrogen (secondary N) is 1. The van der Waals surface area contributed by atoms with Crippen LogP contribution in [0.3, 0.4) is 0 Å². The van der Waals surface area contributed by atoms with Crippen LogP contribution >= 0.6 is 11.3 Å². The van der Waals surface area contributed by atoms with Crippen LogP contribution in [-0.2, 0) is 24.0 Å². The Morgan fingerprint density at radius 2 is 2.20 bits per heavy atom. The van der Waals surface area contributed by atoms with Gasteiger partial charge in [-0.05, 0) is 0 Å². The minimum Gasteiger partial charge on any atom is -0.478 e. The molecule has 0 bridgehead atoms. The first-order chi connectivity index (χ1) is 16.6. The number of carbonyl (C=O) groups is 4. The van der Waals surface area contributed by atoms with Gasteiger partial charge in [0.15, 0.2) is 10.8 Å². The third-order valence-corrected chi connectivity index (χ3v) is 6.61. The van der Waals surface area contributed by atoms with Crippen molar-refractivity contribution in [3.05, 3.63) is 11.1 Å². The standard InChI is InChI=1S/C19H24N8O7S/c1-26-11(6-27-5-9(4-22-8-20)33-18(27)32)13(15(26)29)24-14(28)12(10-7-35-17(21)23-10)25-34-19(2-3-19)16(30)31/h7-9,11,13H,2-6H2,1H3,(H2,20,22)(H2,21,23)(H,24,28)(H,30,31)/b25-12-/t9-,11-,13+/m1/s1. The van der Waals surface area contributed by atoms with Gasteiger partial charge in [-0.3, -0.25) is 14.6 Å². The number of nitrogens with zero attached hydrogens (tertiary/aromatic N) is 5. The van der Waals surface area contributed by atoms with Gasteiger partial charge in [-0.15, -0.1) is 11.3 Å². The molecular formula is C19H24N8O7S. The molecule has 35 heavy (non-hydrogen) atoms. The van der Waals surface area contributed by atoms with Crippen LogP contribution in [0.2, 0.25) is 0 Å². The number of amides is 3. The van der Waals surface area contributed by atoms with Crippen molar-refractivity contribution in [1.29, 1.82) is 0 Å². The number of carboxylic acid groups (broad SMARTS) is 1. The van der Waals surface area contributed by atoms with Crippen molar-refractivity contribution < 1.29 is 33.9 Å². The maximum atomic E-state index is 13.1. The number of oxime groups is 1. The number of thiazole rings is 1. The Morgan fingerprint density at radius 1 is 1.46 bits per heavy atom. The second-order valence-electron chi connectivity index (χ2n) is 8.29. The molecular weight excluding hydrogens is 484 g/mol. The molecule has 15 nitrogen and oxygen atoms in total. The summed E-state index contributed by atoms with van der Waals surface area (Å²) in [5.74, 6) is -2.36. The quantitative estimate of drug-likeness (QED) is 0.120. The Labute approximate surface area is 202 Å². The van der Waals surface area contributed by atoms with Gasteiger partial charge >= 0.3 is 12.1 Å². The molecule has 4 rings (SSSR count). The van der Waals surface area contributed by atoms with Gasteiger partial charge in [-0.25, -0.2) is 14.6 Å². The highest BCUT2D eigenvalue weighted by atomic mass is 32.1. The van der Waals surface area contributed by atoms with Crippen LogP contribution < -0.4 is 16.8 Å². The van der Waals surface area contributed by atoms with Gasteiger partial charge in [0.05, 0.1) is 25.5 Å². The number of β-lactam (4-membered cyclic amide) rings is 1. The molecule has 16 heteroatoms. The molecule has 0 radical (unpaired) electrons. The number of nitrogens with two attached hydrogens (primary N) is 2. The van der Waals surface area contributed by atoms with Crippen LogP contribution in [0.4, 0.5) is 9.93 Å². The Hall–Kier alpha value is -3.95. The fraction of sp³-hybridized carbons (Fsp3) is 0.526. The molecule has 1 aromatic heterocycles. The molecule has 0 spiro atoms. The smallest absolute Gasteiger partial charge is 0.410 e. The van der Waals surface area contributed by atoms with E-state index in [1.165, 1.54) is 15.2 Å². The molecule has 1 aliphatic carbocycles. The van der Waals surface area contributed by atoms with Gasteiger partial charge in [0.2, 0.25) is 11.5 Å². The minimum atomic E-state index is -1.48. The van der Waals surface area contributed by atoms with Gasteiger partial charge in [0.1, 0.15) is 17.8 Å². The van der Waals surface area contributed by atoms with Crippen molar-refractivity contribution in [3.63, 3.8) is 0 Å². The number of likely N-dealkylation sites (N-methyl/N-ethyl adjacent to an activating group) is 1. The molecule has 3 aliphatic rings. The number of aromatic nitrogens is 1. The number of hydrogen-bond acceptors (Lipinski definition) is 11. The molecule has 0 unspecified atom stereocenters. The average Bonchev–Trinajstić information content (AvgIpc) is 3.38. The molecule has 1 saturated carbocycles. The number of ether oxygens (including phenoxy) is 1. The maximum Gasteiger partial charge on any atom is 0.410 e. The summed E-state index contributed by atoms with van der Waals surface area (Å²) in [6, 6.07) is -1.50. The number of cyclic esters (lactones) is 1. The third kappa shape index (κ3) is 4.82. The number of aliphatic imine (C=N–C) groups is 1. The van der Waals surface area contributed by atoms with E-state index in [-0.39, 0.29) is 54.9 Å². The topological polar surface area (TPSA) is 215 Å². The van der Waals surface area contributed by atoms with Gasteiger partial charge < -0.3 is 41.3 Å². The zero-order valence-electron chi connectivity index (χ0n) is 18.6. The monoisotopic (exact) mass is 508 g/mol. The van der Waals surface area contributed by atoms with E-state index in [9.17, 15) is 24.3 Å². The number of nitrogen functional groups attached to an aromatic ring is 1. The Kier molecular flexibility index (Phi) is 6.47. The van der Waals surface area contributed by atoms with Crippen LogP contribution in [0.15, 0.2) is 15.5 Å². The average molecular weight is 509 g/mol. The van der Waals surface area contributed by atoms with Gasteiger partial charge in [-0.1, -0.05) is 5.16 Å². The van der Waals surface area contributed by atoms with Crippen molar-refractivity contribution in [1.82, 2.24) is 20.1 Å². The van der Waals surface area contributed by atoms with E-state index in [0.717, 1.165) is 17.7 Å². The second kappa shape index (κ2) is 9.36. The summed E-state index contributed by atoms with van der Waals surface area (Å²) in [6.45, 7) is 0.585. The number of carbonyl (C=O) groups excluding carboxylic acids is 3. The lowest BCUT2D eigenvalue weighted by Gasteiger charge is -2.46. The summed E-state index contributed by atoms with van der Waals surface area (Å²) in [7, 11) is 1.55. The zero-order chi connectivity index (χ0) is 25.3. The first-order valence-corrected chi connectivity index (χ1v) is 11.5. The van der Waals surface area contributed by atoms with Crippen molar-refractivity contribution in [2.24, 2.45) is 15.9 Å². The number of rotatable bonds is 10. The van der Waals surface area contributed by atoms with E-state index in [0.29, 0.717) is 0 Å². The van der Waals surface area contributed by atoms with Gasteiger partial charge in [0, 0.05) is 31.8 Å². The van der Waals surface area contributed by atoms with Crippen molar-refractivity contribution in [2.75, 3.05) is 32.4 Å². The largest absolute Gasteiger partial charge is 0.478 e. The van der Waals surface area contributed by atoms with Crippen LogP contribution in [0.25, 0.3) is 0 Å². The summed E-state index contributed by atoms with van der Waals surface area (Å²) < 4.78 is 5.24. The molecule has 3 amide bonds. The number of carboxylic acids is 1. The zero-order valence-corrected chi connectivity index (χ0v) is 19.4. The summed E-state index contributed by atoms with van der Waals surface area (Å²) >= 11 is 1.06. The van der Waals surface area contributed by atoms with E-state index in [1.807, 2.05) is 0 Å². The van der Waals surface area contributed by atoms with Crippen LogP contribution in [0.5, 0.6) is 0 Å². The molecule has 1 aromatic rings. The van der Waals surface area contributed by atoms with Crippen LogP contribution in [-0.4, -0.2) is 106 Å². The lowest BCUT2D eigenvalue weighted by Crippen LogP contribution is -2.72.